The second-order valence-electron chi connectivity index (χ2n) is 10.2. The summed E-state index contributed by atoms with van der Waals surface area (Å²) in [6, 6.07) is -0.959. The molecule has 4 saturated heterocycles. The van der Waals surface area contributed by atoms with E-state index in [9.17, 15) is 19.2 Å². The van der Waals surface area contributed by atoms with Gasteiger partial charge in [-0.3, -0.25) is 14.5 Å². The van der Waals surface area contributed by atoms with Gasteiger partial charge in [-0.1, -0.05) is 5.16 Å². The number of ether oxygens (including phenoxy) is 1. The number of methoxy groups -OCH3 is 1. The Labute approximate surface area is 232 Å². The molecule has 0 spiro atoms. The molecule has 2 amide bonds. The van der Waals surface area contributed by atoms with Gasteiger partial charge in [0, 0.05) is 22.9 Å². The van der Waals surface area contributed by atoms with Crippen LogP contribution in [0.1, 0.15) is 32.0 Å². The van der Waals surface area contributed by atoms with Crippen LogP contribution < -0.4 is 11.1 Å². The molecule has 1 aromatic rings. The third-order valence-corrected chi connectivity index (χ3v) is 9.67. The maximum Gasteiger partial charge on any atom is 0.355 e. The summed E-state index contributed by atoms with van der Waals surface area (Å²) >= 11 is 2.29. The van der Waals surface area contributed by atoms with E-state index in [-0.39, 0.29) is 16.7 Å². The number of thioether (sulfide) groups is 1. The highest BCUT2D eigenvalue weighted by molar-refractivity contribution is 8.00. The largest absolute Gasteiger partial charge is 0.478 e. The Kier molecular flexibility index (Phi) is 7.52. The number of carbonyl (C=O) groups excluding carboxylic acids is 3. The number of hydrogen-bond donors (Lipinski definition) is 3. The molecule has 0 radical (unpaired) electrons. The Morgan fingerprint density at radius 1 is 1.28 bits per heavy atom. The van der Waals surface area contributed by atoms with Gasteiger partial charge in [0.05, 0.1) is 26.7 Å². The third kappa shape index (κ3) is 5.19. The number of hydrogen-bond acceptors (Lipinski definition) is 12. The van der Waals surface area contributed by atoms with Crippen molar-refractivity contribution in [2.24, 2.45) is 11.1 Å². The van der Waals surface area contributed by atoms with Crippen LogP contribution in [0.5, 0.6) is 0 Å². The fourth-order valence-corrected chi connectivity index (χ4v) is 7.34. The number of anilines is 1. The molecule has 0 aromatic carbocycles. The van der Waals surface area contributed by atoms with E-state index in [4.69, 9.17) is 20.4 Å². The average molecular weight is 581 g/mol. The highest BCUT2D eigenvalue weighted by Gasteiger charge is 2.55. The van der Waals surface area contributed by atoms with Crippen molar-refractivity contribution in [2.75, 3.05) is 44.8 Å². The number of β-lactam (4-membered cyclic amide) rings is 1. The number of aromatic nitrogens is 2. The monoisotopic (exact) mass is 580 g/mol. The number of rotatable bonds is 9. The second-order valence-corrected chi connectivity index (χ2v) is 12.1. The lowest BCUT2D eigenvalue weighted by Gasteiger charge is -2.52. The number of fused-ring (bicyclic) bond motifs is 4. The first kappa shape index (κ1) is 27.3. The zero-order chi connectivity index (χ0) is 27.9. The van der Waals surface area contributed by atoms with Crippen molar-refractivity contribution >= 4 is 57.9 Å². The molecular formula is C23H30N7O7S2+. The first-order valence-corrected chi connectivity index (χ1v) is 14.4. The Balaban J connectivity index is 1.35. The highest BCUT2D eigenvalue weighted by Crippen LogP contribution is 2.43. The quantitative estimate of drug-likeness (QED) is 0.115. The zero-order valence-corrected chi connectivity index (χ0v) is 23.1. The molecule has 6 rings (SSSR count). The number of nitrogen functional groups attached to an aromatic ring is 1. The molecule has 14 nitrogen and oxygen atoms in total. The van der Waals surface area contributed by atoms with Gasteiger partial charge in [0.1, 0.15) is 23.7 Å². The van der Waals surface area contributed by atoms with E-state index in [1.807, 2.05) is 0 Å². The van der Waals surface area contributed by atoms with E-state index in [1.165, 1.54) is 50.0 Å². The Bertz CT molecular complexity index is 1240. The van der Waals surface area contributed by atoms with Gasteiger partial charge in [0.2, 0.25) is 17.6 Å². The lowest BCUT2D eigenvalue weighted by atomic mass is 9.85. The van der Waals surface area contributed by atoms with Gasteiger partial charge in [-0.05, 0) is 32.1 Å². The van der Waals surface area contributed by atoms with Gasteiger partial charge in [0.25, 0.3) is 11.8 Å². The number of nitrogens with one attached hydrogen (secondary N) is 1. The number of piperidine rings is 3. The summed E-state index contributed by atoms with van der Waals surface area (Å²) in [6.07, 6.45) is 2.21. The average Bonchev–Trinajstić information content (AvgIpc) is 3.37. The minimum absolute atomic E-state index is 0.0650. The summed E-state index contributed by atoms with van der Waals surface area (Å²) < 4.78 is 9.96. The van der Waals surface area contributed by atoms with Crippen molar-refractivity contribution in [2.45, 2.75) is 43.7 Å². The normalized spacial score (nSPS) is 28.9. The summed E-state index contributed by atoms with van der Waals surface area (Å²) in [5.74, 6) is -1.99. The van der Waals surface area contributed by atoms with Gasteiger partial charge in [0.15, 0.2) is 5.13 Å². The number of quaternary nitrogens is 1. The first-order valence-electron chi connectivity index (χ1n) is 12.6. The van der Waals surface area contributed by atoms with Crippen LogP contribution in [0.15, 0.2) is 16.4 Å². The van der Waals surface area contributed by atoms with Crippen LogP contribution >= 0.6 is 23.3 Å². The minimum atomic E-state index is -1.35. The molecule has 4 fully saturated rings. The Morgan fingerprint density at radius 2 is 1.97 bits per heavy atom. The Morgan fingerprint density at radius 3 is 2.56 bits per heavy atom. The van der Waals surface area contributed by atoms with Crippen LogP contribution in [-0.4, -0.2) is 110 Å². The molecule has 3 atom stereocenters. The lowest BCUT2D eigenvalue weighted by Crippen LogP contribution is -2.71. The number of esters is 1. The van der Waals surface area contributed by atoms with Gasteiger partial charge < -0.3 is 30.2 Å². The SMILES string of the molecule is COC(=O)C1=C(C[N+]23CCC(CC2)CC3)CS[C@@H]2C(NC(=O)/C(=N\O[C@@H](C)C(=O)O)c3nsc(N)n3)C(=O)N12. The van der Waals surface area contributed by atoms with E-state index in [1.54, 1.807) is 0 Å². The number of carboxylic acid groups (broad SMARTS) is 1. The molecule has 0 aliphatic carbocycles. The summed E-state index contributed by atoms with van der Waals surface area (Å²) in [4.78, 5) is 60.8. The molecule has 1 aromatic heterocycles. The summed E-state index contributed by atoms with van der Waals surface area (Å²) in [5, 5.41) is 14.9. The fourth-order valence-electron chi connectivity index (χ4n) is 5.57. The summed E-state index contributed by atoms with van der Waals surface area (Å²) in [5.41, 5.74) is 6.37. The van der Waals surface area contributed by atoms with Gasteiger partial charge in [-0.25, -0.2) is 9.59 Å². The smallest absolute Gasteiger partial charge is 0.355 e. The van der Waals surface area contributed by atoms with Gasteiger partial charge >= 0.3 is 11.9 Å². The second kappa shape index (κ2) is 10.7. The molecule has 39 heavy (non-hydrogen) atoms. The van der Waals surface area contributed by atoms with Gasteiger partial charge in [-0.2, -0.15) is 9.36 Å². The van der Waals surface area contributed by atoms with E-state index < -0.39 is 47.0 Å². The number of nitrogens with two attached hydrogens (primary N) is 1. The predicted molar refractivity (Wildman–Crippen MR) is 140 cm³/mol. The Hall–Kier alpha value is -3.24. The van der Waals surface area contributed by atoms with Crippen molar-refractivity contribution in [3.63, 3.8) is 0 Å². The molecule has 6 heterocycles. The minimum Gasteiger partial charge on any atom is -0.478 e. The molecule has 210 valence electrons. The van der Waals surface area contributed by atoms with E-state index >= 15 is 0 Å². The number of carbonyl (C=O) groups is 4. The van der Waals surface area contributed by atoms with Crippen LogP contribution in [0.4, 0.5) is 5.13 Å². The number of carboxylic acids is 1. The maximum absolute atomic E-state index is 13.3. The van der Waals surface area contributed by atoms with Crippen LogP contribution in [-0.2, 0) is 28.8 Å². The lowest BCUT2D eigenvalue weighted by molar-refractivity contribution is -0.938. The number of aliphatic carboxylic acids is 1. The van der Waals surface area contributed by atoms with E-state index in [0.717, 1.165) is 47.1 Å². The van der Waals surface area contributed by atoms with Crippen molar-refractivity contribution in [3.8, 4) is 0 Å². The standard InChI is InChI=1S/C23H29N7O7S2/c1-11(21(33)34)37-27-14(17-26-23(24)39-28-17)18(31)25-15-19(32)29-16(22(35)36-2)13(10-38-20(15)29)9-30-6-3-12(4-7-30)5-8-30/h11-12,15,20H,3-10H2,1-2H3,(H3-,24,25,26,28,31,33,34)/p+1/b27-14-/t11-,12?,15?,20+,30?/m0/s1. The summed E-state index contributed by atoms with van der Waals surface area (Å²) in [7, 11) is 1.29. The molecule has 16 heteroatoms. The topological polar surface area (TPSA) is 186 Å². The van der Waals surface area contributed by atoms with E-state index in [2.05, 4.69) is 19.8 Å². The third-order valence-electron chi connectivity index (χ3n) is 7.79. The van der Waals surface area contributed by atoms with Gasteiger partial charge in [-0.15, -0.1) is 11.8 Å². The van der Waals surface area contributed by atoms with Crippen molar-refractivity contribution in [1.29, 1.82) is 0 Å². The van der Waals surface area contributed by atoms with Crippen molar-refractivity contribution in [1.82, 2.24) is 19.6 Å². The molecule has 4 N–H and O–H groups in total. The van der Waals surface area contributed by atoms with Crippen LogP contribution in [0.2, 0.25) is 0 Å². The van der Waals surface area contributed by atoms with E-state index in [0.29, 0.717) is 12.3 Å². The summed E-state index contributed by atoms with van der Waals surface area (Å²) in [6.45, 7) is 5.16. The molecule has 2 bridgehead atoms. The number of oxime groups is 1. The molecule has 5 aliphatic rings. The molecule has 5 aliphatic heterocycles. The van der Waals surface area contributed by atoms with Crippen LogP contribution in [0, 0.1) is 5.92 Å². The first-order chi connectivity index (χ1) is 18.6. The van der Waals surface area contributed by atoms with Crippen molar-refractivity contribution in [3.05, 3.63) is 17.1 Å². The zero-order valence-electron chi connectivity index (χ0n) is 21.5. The van der Waals surface area contributed by atoms with Crippen LogP contribution in [0.25, 0.3) is 0 Å². The van der Waals surface area contributed by atoms with Crippen LogP contribution in [0.3, 0.4) is 0 Å². The molecular weight excluding hydrogens is 550 g/mol. The molecule has 1 unspecified atom stereocenters. The fraction of sp³-hybridized carbons (Fsp3) is 0.609. The highest BCUT2D eigenvalue weighted by atomic mass is 32.2. The maximum atomic E-state index is 13.3. The molecule has 0 saturated carbocycles. The number of nitrogens with zero attached hydrogens (tertiary/aromatic N) is 5. The predicted octanol–water partition coefficient (Wildman–Crippen LogP) is -0.228. The number of amides is 2. The van der Waals surface area contributed by atoms with Crippen molar-refractivity contribution < 1.29 is 38.3 Å².